The lowest BCUT2D eigenvalue weighted by atomic mass is 9.98. The van der Waals surface area contributed by atoms with Crippen LogP contribution in [-0.4, -0.2) is 39.3 Å². The Kier molecular flexibility index (Phi) is 7.28. The van der Waals surface area contributed by atoms with Gasteiger partial charge in [-0.3, -0.25) is 19.1 Å². The SMILES string of the molecule is CCn1c(N2CCCC(C)C2)c(C=C2SC(=S)N(CC(C)C)C2=O)c(C)c(C#N)c1=O. The Bertz CT molecular complexity index is 1040. The fraction of sp³-hybridized carbons (Fsp3) is 0.565. The lowest BCUT2D eigenvalue weighted by molar-refractivity contribution is -0.122. The number of rotatable bonds is 5. The number of anilines is 1. The van der Waals surface area contributed by atoms with Crippen molar-refractivity contribution in [2.75, 3.05) is 24.5 Å². The number of pyridine rings is 1. The molecule has 0 bridgehead atoms. The van der Waals surface area contributed by atoms with Crippen LogP contribution in [0.5, 0.6) is 0 Å². The second-order valence-corrected chi connectivity index (χ2v) is 10.5. The van der Waals surface area contributed by atoms with Gasteiger partial charge in [-0.25, -0.2) is 0 Å². The molecule has 0 N–H and O–H groups in total. The van der Waals surface area contributed by atoms with Crippen molar-refractivity contribution in [1.82, 2.24) is 9.47 Å². The van der Waals surface area contributed by atoms with Crippen molar-refractivity contribution in [3.63, 3.8) is 0 Å². The zero-order valence-electron chi connectivity index (χ0n) is 18.9. The summed E-state index contributed by atoms with van der Waals surface area (Å²) in [7, 11) is 0. The number of thioether (sulfide) groups is 1. The molecule has 1 unspecified atom stereocenters. The highest BCUT2D eigenvalue weighted by molar-refractivity contribution is 8.26. The third-order valence-corrected chi connectivity index (χ3v) is 7.19. The molecule has 31 heavy (non-hydrogen) atoms. The number of amides is 1. The van der Waals surface area contributed by atoms with Crippen LogP contribution in [0.2, 0.25) is 0 Å². The first kappa shape index (κ1) is 23.6. The molecular formula is C23H30N4O2S2. The lowest BCUT2D eigenvalue weighted by Crippen LogP contribution is -2.40. The van der Waals surface area contributed by atoms with Crippen LogP contribution in [0.25, 0.3) is 6.08 Å². The molecular weight excluding hydrogens is 428 g/mol. The molecule has 1 aromatic rings. The molecule has 0 radical (unpaired) electrons. The van der Waals surface area contributed by atoms with Gasteiger partial charge in [0.15, 0.2) is 0 Å². The zero-order chi connectivity index (χ0) is 22.9. The van der Waals surface area contributed by atoms with E-state index in [0.29, 0.717) is 39.7 Å². The van der Waals surface area contributed by atoms with Crippen LogP contribution in [-0.2, 0) is 11.3 Å². The summed E-state index contributed by atoms with van der Waals surface area (Å²) in [4.78, 5) is 30.6. The van der Waals surface area contributed by atoms with Gasteiger partial charge in [0.25, 0.3) is 11.5 Å². The van der Waals surface area contributed by atoms with E-state index >= 15 is 0 Å². The number of nitriles is 1. The predicted molar refractivity (Wildman–Crippen MR) is 131 cm³/mol. The van der Waals surface area contributed by atoms with E-state index in [-0.39, 0.29) is 17.0 Å². The standard InChI is InChI=1S/C23H30N4O2S2/c1-6-26-20(25-9-7-8-15(4)13-25)17(16(5)18(11-24)21(26)28)10-19-22(29)27(12-14(2)3)23(30)31-19/h10,14-15H,6-9,12-13H2,1-5H3. The van der Waals surface area contributed by atoms with Gasteiger partial charge in [0.05, 0.1) is 4.91 Å². The summed E-state index contributed by atoms with van der Waals surface area (Å²) in [5.74, 6) is 1.53. The van der Waals surface area contributed by atoms with E-state index in [1.807, 2.05) is 13.0 Å². The fourth-order valence-corrected chi connectivity index (χ4v) is 5.57. The summed E-state index contributed by atoms with van der Waals surface area (Å²) in [6.45, 7) is 12.8. The summed E-state index contributed by atoms with van der Waals surface area (Å²) in [5.41, 5.74) is 1.27. The largest absolute Gasteiger partial charge is 0.357 e. The number of thiocarbonyl (C=S) groups is 1. The minimum absolute atomic E-state index is 0.103. The molecule has 6 nitrogen and oxygen atoms in total. The fourth-order valence-electron chi connectivity index (χ4n) is 4.31. The molecule has 1 amide bonds. The first-order valence-electron chi connectivity index (χ1n) is 10.9. The van der Waals surface area contributed by atoms with Gasteiger partial charge in [-0.05, 0) is 50.2 Å². The third-order valence-electron chi connectivity index (χ3n) is 5.82. The lowest BCUT2D eigenvalue weighted by Gasteiger charge is -2.35. The number of carbonyl (C=O) groups is 1. The van der Waals surface area contributed by atoms with E-state index in [4.69, 9.17) is 12.2 Å². The Morgan fingerprint density at radius 1 is 1.35 bits per heavy atom. The smallest absolute Gasteiger partial charge is 0.270 e. The normalized spacial score (nSPS) is 20.8. The average molecular weight is 459 g/mol. The van der Waals surface area contributed by atoms with Crippen LogP contribution in [0.1, 0.15) is 57.2 Å². The molecule has 1 atom stereocenters. The summed E-state index contributed by atoms with van der Waals surface area (Å²) in [5, 5.41) is 9.68. The van der Waals surface area contributed by atoms with Crippen molar-refractivity contribution in [2.24, 2.45) is 11.8 Å². The van der Waals surface area contributed by atoms with Gasteiger partial charge < -0.3 is 4.90 Å². The minimum atomic E-state index is -0.264. The van der Waals surface area contributed by atoms with E-state index in [0.717, 1.165) is 37.3 Å². The molecule has 8 heteroatoms. The van der Waals surface area contributed by atoms with Crippen LogP contribution in [0.15, 0.2) is 9.70 Å². The zero-order valence-corrected chi connectivity index (χ0v) is 20.5. The molecule has 0 aliphatic carbocycles. The van der Waals surface area contributed by atoms with Crippen molar-refractivity contribution >= 4 is 46.1 Å². The third kappa shape index (κ3) is 4.58. The highest BCUT2D eigenvalue weighted by Crippen LogP contribution is 2.37. The highest BCUT2D eigenvalue weighted by atomic mass is 32.2. The van der Waals surface area contributed by atoms with Gasteiger partial charge in [-0.15, -0.1) is 0 Å². The van der Waals surface area contributed by atoms with Gasteiger partial charge in [0.1, 0.15) is 21.8 Å². The monoisotopic (exact) mass is 458 g/mol. The molecule has 1 aromatic heterocycles. The summed E-state index contributed by atoms with van der Waals surface area (Å²) >= 11 is 6.76. The van der Waals surface area contributed by atoms with E-state index < -0.39 is 0 Å². The number of nitrogens with zero attached hydrogens (tertiary/aromatic N) is 4. The first-order chi connectivity index (χ1) is 14.7. The number of hydrogen-bond donors (Lipinski definition) is 0. The Balaban J connectivity index is 2.20. The van der Waals surface area contributed by atoms with Crippen LogP contribution in [0.4, 0.5) is 5.82 Å². The van der Waals surface area contributed by atoms with Crippen molar-refractivity contribution in [3.8, 4) is 6.07 Å². The van der Waals surface area contributed by atoms with Crippen molar-refractivity contribution in [2.45, 2.75) is 54.0 Å². The Morgan fingerprint density at radius 3 is 2.65 bits per heavy atom. The van der Waals surface area contributed by atoms with E-state index in [9.17, 15) is 14.9 Å². The van der Waals surface area contributed by atoms with Crippen LogP contribution >= 0.6 is 24.0 Å². The number of hydrogen-bond acceptors (Lipinski definition) is 6. The number of aromatic nitrogens is 1. The molecule has 3 rings (SSSR count). The summed E-state index contributed by atoms with van der Waals surface area (Å²) < 4.78 is 2.24. The highest BCUT2D eigenvalue weighted by Gasteiger charge is 2.33. The average Bonchev–Trinajstić information content (AvgIpc) is 2.97. The van der Waals surface area contributed by atoms with Gasteiger partial charge in [0.2, 0.25) is 0 Å². The molecule has 2 aliphatic heterocycles. The number of piperidine rings is 1. The quantitative estimate of drug-likeness (QED) is 0.488. The Hall–Kier alpha value is -2.11. The second kappa shape index (κ2) is 9.58. The summed E-state index contributed by atoms with van der Waals surface area (Å²) in [6.07, 6.45) is 4.05. The Labute approximate surface area is 193 Å². The van der Waals surface area contributed by atoms with Crippen molar-refractivity contribution < 1.29 is 4.79 Å². The molecule has 3 heterocycles. The predicted octanol–water partition coefficient (Wildman–Crippen LogP) is 4.14. The number of carbonyl (C=O) groups excluding carboxylic acids is 1. The van der Waals surface area contributed by atoms with Gasteiger partial charge in [0, 0.05) is 31.7 Å². The van der Waals surface area contributed by atoms with Gasteiger partial charge in [-0.2, -0.15) is 5.26 Å². The molecule has 2 saturated heterocycles. The van der Waals surface area contributed by atoms with Gasteiger partial charge >= 0.3 is 0 Å². The van der Waals surface area contributed by atoms with Crippen LogP contribution in [0.3, 0.4) is 0 Å². The van der Waals surface area contributed by atoms with Crippen LogP contribution in [0, 0.1) is 30.1 Å². The van der Waals surface area contributed by atoms with E-state index in [1.165, 1.54) is 11.8 Å². The minimum Gasteiger partial charge on any atom is -0.357 e. The molecule has 0 spiro atoms. The Morgan fingerprint density at radius 2 is 2.06 bits per heavy atom. The molecule has 166 valence electrons. The molecule has 2 aliphatic rings. The molecule has 0 saturated carbocycles. The maximum Gasteiger partial charge on any atom is 0.270 e. The van der Waals surface area contributed by atoms with E-state index in [1.54, 1.807) is 16.4 Å². The summed E-state index contributed by atoms with van der Waals surface area (Å²) in [6, 6.07) is 2.09. The maximum absolute atomic E-state index is 13.1. The first-order valence-corrected chi connectivity index (χ1v) is 12.1. The van der Waals surface area contributed by atoms with Crippen molar-refractivity contribution in [1.29, 1.82) is 5.26 Å². The topological polar surface area (TPSA) is 69.3 Å². The van der Waals surface area contributed by atoms with Crippen molar-refractivity contribution in [3.05, 3.63) is 31.9 Å². The second-order valence-electron chi connectivity index (χ2n) is 8.78. The maximum atomic E-state index is 13.1. The molecule has 2 fully saturated rings. The molecule has 0 aromatic carbocycles. The van der Waals surface area contributed by atoms with E-state index in [2.05, 4.69) is 31.7 Å². The van der Waals surface area contributed by atoms with Gasteiger partial charge in [-0.1, -0.05) is 44.8 Å². The van der Waals surface area contributed by atoms with Crippen LogP contribution < -0.4 is 10.5 Å².